The first kappa shape index (κ1) is 18.7. The van der Waals surface area contributed by atoms with Gasteiger partial charge in [-0.15, -0.1) is 0 Å². The van der Waals surface area contributed by atoms with E-state index >= 15 is 0 Å². The molecule has 0 rings (SSSR count). The number of nitrogens with one attached hydrogen (secondary N) is 1. The lowest BCUT2D eigenvalue weighted by molar-refractivity contribution is -0.139. The minimum absolute atomic E-state index is 0.116. The number of urea groups is 1. The minimum atomic E-state index is -1.28. The highest BCUT2D eigenvalue weighted by atomic mass is 16.4. The fraction of sp³-hybridized carbons (Fsp3) is 0.667. The summed E-state index contributed by atoms with van der Waals surface area (Å²) in [6.45, 7) is 1.90. The maximum Gasteiger partial charge on any atom is 0.326 e. The van der Waals surface area contributed by atoms with E-state index in [9.17, 15) is 19.2 Å². The van der Waals surface area contributed by atoms with E-state index in [1.54, 1.807) is 0 Å². The van der Waals surface area contributed by atoms with Crippen LogP contribution in [0.15, 0.2) is 0 Å². The fourth-order valence-corrected chi connectivity index (χ4v) is 1.57. The molecule has 0 aromatic carbocycles. The normalized spacial score (nSPS) is 11.5. The molecule has 120 valence electrons. The molecule has 0 aliphatic carbocycles. The lowest BCUT2D eigenvalue weighted by atomic mass is 10.1. The van der Waals surface area contributed by atoms with E-state index in [0.29, 0.717) is 6.42 Å². The van der Waals surface area contributed by atoms with Crippen molar-refractivity contribution in [2.45, 2.75) is 38.6 Å². The van der Waals surface area contributed by atoms with Gasteiger partial charge in [0, 0.05) is 13.0 Å². The Hall–Kier alpha value is -2.32. The number of rotatable bonds is 10. The zero-order valence-electron chi connectivity index (χ0n) is 12.0. The summed E-state index contributed by atoms with van der Waals surface area (Å²) in [6.07, 6.45) is 1.17. The predicted molar refractivity (Wildman–Crippen MR) is 74.1 cm³/mol. The molecule has 0 bridgehead atoms. The molecule has 0 saturated carbocycles. The molecule has 4 amide bonds. The number of carbonyl (C=O) groups excluding carboxylic acids is 3. The van der Waals surface area contributed by atoms with Crippen molar-refractivity contribution in [3.8, 4) is 0 Å². The molecule has 9 nitrogen and oxygen atoms in total. The van der Waals surface area contributed by atoms with E-state index < -0.39 is 29.9 Å². The van der Waals surface area contributed by atoms with Crippen LogP contribution < -0.4 is 16.8 Å². The Kier molecular flexibility index (Phi) is 8.51. The van der Waals surface area contributed by atoms with Crippen LogP contribution in [0, 0.1) is 0 Å². The Morgan fingerprint density at radius 3 is 2.24 bits per heavy atom. The molecule has 1 atom stereocenters. The molecule has 0 spiro atoms. The van der Waals surface area contributed by atoms with Crippen LogP contribution in [0.25, 0.3) is 0 Å². The molecule has 0 unspecified atom stereocenters. The summed E-state index contributed by atoms with van der Waals surface area (Å²) < 4.78 is 0. The lowest BCUT2D eigenvalue weighted by Crippen LogP contribution is -2.50. The smallest absolute Gasteiger partial charge is 0.326 e. The molecule has 0 aliphatic heterocycles. The second-order valence-electron chi connectivity index (χ2n) is 4.59. The second-order valence-corrected chi connectivity index (χ2v) is 4.59. The van der Waals surface area contributed by atoms with Gasteiger partial charge in [-0.1, -0.05) is 13.3 Å². The van der Waals surface area contributed by atoms with Crippen molar-refractivity contribution in [2.24, 2.45) is 11.5 Å². The number of hydrogen-bond acceptors (Lipinski definition) is 4. The van der Waals surface area contributed by atoms with Crippen LogP contribution in [-0.4, -0.2) is 53.0 Å². The van der Waals surface area contributed by atoms with Gasteiger partial charge >= 0.3 is 12.0 Å². The Bertz CT molecular complexity index is 399. The van der Waals surface area contributed by atoms with Crippen LogP contribution >= 0.6 is 0 Å². The van der Waals surface area contributed by atoms with Gasteiger partial charge in [-0.3, -0.25) is 9.59 Å². The number of carboxylic acids is 1. The van der Waals surface area contributed by atoms with Crippen molar-refractivity contribution in [3.05, 3.63) is 0 Å². The van der Waals surface area contributed by atoms with Crippen LogP contribution in [0.3, 0.4) is 0 Å². The summed E-state index contributed by atoms with van der Waals surface area (Å²) >= 11 is 0. The van der Waals surface area contributed by atoms with Gasteiger partial charge in [0.25, 0.3) is 0 Å². The predicted octanol–water partition coefficient (Wildman–Crippen LogP) is -0.998. The molecule has 0 radical (unpaired) electrons. The number of aliphatic carboxylic acids is 1. The summed E-state index contributed by atoms with van der Waals surface area (Å²) in [4.78, 5) is 45.8. The van der Waals surface area contributed by atoms with Crippen molar-refractivity contribution in [2.75, 3.05) is 13.1 Å². The first-order chi connectivity index (χ1) is 9.77. The summed E-state index contributed by atoms with van der Waals surface area (Å²) in [7, 11) is 0. The number of nitrogens with two attached hydrogens (primary N) is 2. The summed E-state index contributed by atoms with van der Waals surface area (Å²) in [6, 6.07) is -1.96. The molecule has 0 fully saturated rings. The topological polar surface area (TPSA) is 156 Å². The third-order valence-electron chi connectivity index (χ3n) is 2.69. The highest BCUT2D eigenvalue weighted by molar-refractivity contribution is 5.86. The van der Waals surface area contributed by atoms with E-state index in [4.69, 9.17) is 16.6 Å². The molecule has 0 aromatic heterocycles. The molecule has 0 saturated heterocycles. The van der Waals surface area contributed by atoms with Crippen LogP contribution in [0.5, 0.6) is 0 Å². The Morgan fingerprint density at radius 2 is 1.81 bits per heavy atom. The fourth-order valence-electron chi connectivity index (χ4n) is 1.57. The van der Waals surface area contributed by atoms with Gasteiger partial charge < -0.3 is 26.8 Å². The molecule has 21 heavy (non-hydrogen) atoms. The molecule has 0 aliphatic rings. The van der Waals surface area contributed by atoms with Crippen LogP contribution in [0.1, 0.15) is 32.6 Å². The van der Waals surface area contributed by atoms with E-state index in [1.165, 1.54) is 0 Å². The SMILES string of the molecule is CCCCN(CC(N)=O)C(=O)N[C@@H](CCC(N)=O)C(=O)O. The van der Waals surface area contributed by atoms with Gasteiger partial charge in [-0.2, -0.15) is 0 Å². The number of primary amides is 2. The Labute approximate surface area is 122 Å². The van der Waals surface area contributed by atoms with Gasteiger partial charge in [-0.05, 0) is 12.8 Å². The molecule has 9 heteroatoms. The average molecular weight is 302 g/mol. The number of hydrogen-bond donors (Lipinski definition) is 4. The van der Waals surface area contributed by atoms with Gasteiger partial charge in [0.1, 0.15) is 12.6 Å². The van der Waals surface area contributed by atoms with E-state index in [0.717, 1.165) is 11.3 Å². The third-order valence-corrected chi connectivity index (χ3v) is 2.69. The van der Waals surface area contributed by atoms with Crippen molar-refractivity contribution in [1.82, 2.24) is 10.2 Å². The van der Waals surface area contributed by atoms with E-state index in [2.05, 4.69) is 5.32 Å². The van der Waals surface area contributed by atoms with Gasteiger partial charge in [0.2, 0.25) is 11.8 Å². The average Bonchev–Trinajstić information content (AvgIpc) is 2.37. The highest BCUT2D eigenvalue weighted by Crippen LogP contribution is 2.01. The van der Waals surface area contributed by atoms with Crippen LogP contribution in [0.4, 0.5) is 4.79 Å². The molecule has 0 aromatic rings. The Balaban J connectivity index is 4.68. The maximum absolute atomic E-state index is 12.0. The molecule has 6 N–H and O–H groups in total. The minimum Gasteiger partial charge on any atom is -0.480 e. The first-order valence-corrected chi connectivity index (χ1v) is 6.62. The number of amides is 4. The summed E-state index contributed by atoms with van der Waals surface area (Å²) in [5, 5.41) is 11.3. The van der Waals surface area contributed by atoms with Gasteiger partial charge in [0.15, 0.2) is 0 Å². The largest absolute Gasteiger partial charge is 0.480 e. The van der Waals surface area contributed by atoms with Crippen molar-refractivity contribution in [3.63, 3.8) is 0 Å². The van der Waals surface area contributed by atoms with E-state index in [1.807, 2.05) is 6.92 Å². The highest BCUT2D eigenvalue weighted by Gasteiger charge is 2.24. The van der Waals surface area contributed by atoms with Crippen molar-refractivity contribution in [1.29, 1.82) is 0 Å². The standard InChI is InChI=1S/C12H22N4O5/c1-2-3-6-16(7-10(14)18)12(21)15-8(11(19)20)4-5-9(13)17/h8H,2-7H2,1H3,(H2,13,17)(H2,14,18)(H,15,21)(H,19,20)/t8-/m0/s1. The molecule has 0 heterocycles. The quantitative estimate of drug-likeness (QED) is 0.407. The Morgan fingerprint density at radius 1 is 1.19 bits per heavy atom. The summed E-state index contributed by atoms with van der Waals surface area (Å²) in [5.74, 6) is -2.63. The molecular formula is C12H22N4O5. The van der Waals surface area contributed by atoms with Crippen LogP contribution in [-0.2, 0) is 14.4 Å². The van der Waals surface area contributed by atoms with Crippen LogP contribution in [0.2, 0.25) is 0 Å². The first-order valence-electron chi connectivity index (χ1n) is 6.62. The van der Waals surface area contributed by atoms with Crippen molar-refractivity contribution >= 4 is 23.8 Å². The lowest BCUT2D eigenvalue weighted by Gasteiger charge is -2.23. The van der Waals surface area contributed by atoms with Gasteiger partial charge in [0.05, 0.1) is 0 Å². The zero-order chi connectivity index (χ0) is 16.4. The monoisotopic (exact) mass is 302 g/mol. The maximum atomic E-state index is 12.0. The van der Waals surface area contributed by atoms with Crippen molar-refractivity contribution < 1.29 is 24.3 Å². The van der Waals surface area contributed by atoms with Gasteiger partial charge in [-0.25, -0.2) is 9.59 Å². The number of unbranched alkanes of at least 4 members (excludes halogenated alkanes) is 1. The number of carbonyl (C=O) groups is 4. The molecular weight excluding hydrogens is 280 g/mol. The number of nitrogens with zero attached hydrogens (tertiary/aromatic N) is 1. The summed E-state index contributed by atoms with van der Waals surface area (Å²) in [5.41, 5.74) is 10.0. The zero-order valence-corrected chi connectivity index (χ0v) is 12.0. The second kappa shape index (κ2) is 9.56. The number of carboxylic acid groups (broad SMARTS) is 1. The third kappa shape index (κ3) is 8.45. The van der Waals surface area contributed by atoms with E-state index in [-0.39, 0.29) is 25.9 Å².